The monoisotopic (exact) mass is 693 g/mol. The number of pyridine rings is 1. The van der Waals surface area contributed by atoms with E-state index in [1.165, 1.54) is 0 Å². The minimum absolute atomic E-state index is 0.0936. The van der Waals surface area contributed by atoms with Crippen molar-refractivity contribution in [2.45, 2.75) is 44.8 Å². The Morgan fingerprint density at radius 1 is 1.15 bits per heavy atom. The number of amides is 2. The van der Waals surface area contributed by atoms with Crippen molar-refractivity contribution in [1.82, 2.24) is 30.1 Å². The lowest BCUT2D eigenvalue weighted by Crippen LogP contribution is -2.35. The van der Waals surface area contributed by atoms with Gasteiger partial charge >= 0.3 is 0 Å². The average molecular weight is 695 g/mol. The van der Waals surface area contributed by atoms with E-state index in [1.54, 1.807) is 31.5 Å². The Morgan fingerprint density at radius 2 is 1.98 bits per heavy atom. The number of carbonyl (C=O) groups is 2. The Balaban J connectivity index is 1.19. The molecule has 0 spiro atoms. The summed E-state index contributed by atoms with van der Waals surface area (Å²) in [6.07, 6.45) is 4.29. The number of imidazole rings is 1. The number of benzene rings is 2. The Bertz CT molecular complexity index is 1830. The molecule has 1 fully saturated rings. The van der Waals surface area contributed by atoms with Gasteiger partial charge in [0.05, 0.1) is 40.9 Å². The van der Waals surface area contributed by atoms with Crippen LogP contribution in [0, 0.1) is 0 Å². The highest BCUT2D eigenvalue weighted by atomic mass is 35.5. The molecular formula is C35H38Cl2FN7O3. The van der Waals surface area contributed by atoms with Crippen LogP contribution in [0.1, 0.15) is 46.8 Å². The van der Waals surface area contributed by atoms with Gasteiger partial charge in [0.1, 0.15) is 5.75 Å². The fourth-order valence-corrected chi connectivity index (χ4v) is 6.97. The lowest BCUT2D eigenvalue weighted by Gasteiger charge is -2.26. The molecule has 0 bridgehead atoms. The quantitative estimate of drug-likeness (QED) is 0.172. The standard InChI is InChI=1S/C35H38Cl2FN7O3/c1-44-28-12-16-45(15-4-13-38)20-27(28)42-34(44)35(47)43-26-6-3-5-24(31(26)36)25-11-14-40-33(32(25)37)21-7-8-22(29(17-21)48-2)18-39-19-23-9-10-30(46)41-23/h3,5-8,11,14,17,23,39H,4,9-10,12-13,15-16,18-20H2,1-2H3,(H,41,46)(H,43,47)/t23-/m1/s1. The maximum Gasteiger partial charge on any atom is 0.291 e. The maximum absolute atomic E-state index is 13.5. The van der Waals surface area contributed by atoms with Gasteiger partial charge in [-0.2, -0.15) is 0 Å². The molecule has 13 heteroatoms. The number of hydrogen-bond acceptors (Lipinski definition) is 7. The normalized spacial score (nSPS) is 16.1. The van der Waals surface area contributed by atoms with Gasteiger partial charge in [0, 0.05) is 92.8 Å². The van der Waals surface area contributed by atoms with Gasteiger partial charge in [-0.3, -0.25) is 23.9 Å². The number of carbonyl (C=O) groups excluding carboxylic acids is 2. The van der Waals surface area contributed by atoms with Crippen molar-refractivity contribution in [3.8, 4) is 28.1 Å². The maximum atomic E-state index is 13.5. The number of anilines is 1. The molecule has 2 aliphatic heterocycles. The SMILES string of the molecule is COc1cc(-c2nccc(-c3cccc(NC(=O)c4nc5c(n4C)CCN(CCCF)C5)c3Cl)c2Cl)ccc1CNC[C@H]1CCC(=O)N1. The number of nitrogens with one attached hydrogen (secondary N) is 3. The predicted octanol–water partition coefficient (Wildman–Crippen LogP) is 5.80. The van der Waals surface area contributed by atoms with Gasteiger partial charge in [0.2, 0.25) is 5.91 Å². The predicted molar refractivity (Wildman–Crippen MR) is 185 cm³/mol. The summed E-state index contributed by atoms with van der Waals surface area (Å²) in [5, 5.41) is 10.0. The third-order valence-electron chi connectivity index (χ3n) is 8.92. The number of alkyl halides is 1. The molecule has 48 heavy (non-hydrogen) atoms. The van der Waals surface area contributed by atoms with Crippen LogP contribution in [0.25, 0.3) is 22.4 Å². The van der Waals surface area contributed by atoms with E-state index in [4.69, 9.17) is 27.9 Å². The summed E-state index contributed by atoms with van der Waals surface area (Å²) >= 11 is 13.9. The molecule has 0 saturated carbocycles. The number of halogens is 3. The highest BCUT2D eigenvalue weighted by molar-refractivity contribution is 6.39. The summed E-state index contributed by atoms with van der Waals surface area (Å²) in [5.74, 6) is 0.689. The minimum atomic E-state index is -0.377. The molecule has 2 aliphatic rings. The van der Waals surface area contributed by atoms with Gasteiger partial charge in [0.15, 0.2) is 5.82 Å². The number of fused-ring (bicyclic) bond motifs is 1. The van der Waals surface area contributed by atoms with Crippen molar-refractivity contribution in [3.05, 3.63) is 81.5 Å². The van der Waals surface area contributed by atoms with Crippen molar-refractivity contribution in [1.29, 1.82) is 0 Å². The minimum Gasteiger partial charge on any atom is -0.496 e. The number of aromatic nitrogens is 3. The van der Waals surface area contributed by atoms with Crippen molar-refractivity contribution in [3.63, 3.8) is 0 Å². The van der Waals surface area contributed by atoms with E-state index in [1.807, 2.05) is 35.9 Å². The molecule has 1 atom stereocenters. The van der Waals surface area contributed by atoms with Crippen LogP contribution < -0.4 is 20.7 Å². The van der Waals surface area contributed by atoms with Gasteiger partial charge in [-0.05, 0) is 31.0 Å². The Labute approximate surface area is 289 Å². The van der Waals surface area contributed by atoms with E-state index >= 15 is 0 Å². The van der Waals surface area contributed by atoms with Crippen LogP contribution in [0.15, 0.2) is 48.7 Å². The first-order valence-corrected chi connectivity index (χ1v) is 16.8. The lowest BCUT2D eigenvalue weighted by molar-refractivity contribution is -0.119. The van der Waals surface area contributed by atoms with Crippen LogP contribution in [0.4, 0.5) is 10.1 Å². The summed E-state index contributed by atoms with van der Waals surface area (Å²) in [5.41, 5.74) is 5.86. The fourth-order valence-electron chi connectivity index (χ4n) is 6.38. The molecule has 10 nitrogen and oxygen atoms in total. The number of hydrogen-bond donors (Lipinski definition) is 3. The molecule has 0 unspecified atom stereocenters. The number of ether oxygens (including phenoxy) is 1. The smallest absolute Gasteiger partial charge is 0.291 e. The van der Waals surface area contributed by atoms with E-state index in [0.29, 0.717) is 77.3 Å². The van der Waals surface area contributed by atoms with Crippen LogP contribution in [-0.2, 0) is 31.4 Å². The summed E-state index contributed by atoms with van der Waals surface area (Å²) in [4.78, 5) is 36.3. The molecule has 3 N–H and O–H groups in total. The zero-order valence-corrected chi connectivity index (χ0v) is 28.4. The number of rotatable bonds is 12. The van der Waals surface area contributed by atoms with E-state index in [2.05, 4.69) is 30.8 Å². The van der Waals surface area contributed by atoms with Crippen molar-refractivity contribution in [2.24, 2.45) is 7.05 Å². The average Bonchev–Trinajstić information content (AvgIpc) is 3.66. The Morgan fingerprint density at radius 3 is 2.75 bits per heavy atom. The van der Waals surface area contributed by atoms with Gasteiger partial charge in [-0.1, -0.05) is 47.5 Å². The van der Waals surface area contributed by atoms with E-state index in [9.17, 15) is 14.0 Å². The fraction of sp³-hybridized carbons (Fsp3) is 0.371. The highest BCUT2D eigenvalue weighted by Crippen LogP contribution is 2.41. The molecule has 1 saturated heterocycles. The first kappa shape index (κ1) is 33.9. The molecule has 2 amide bonds. The van der Waals surface area contributed by atoms with Crippen LogP contribution in [0.2, 0.25) is 10.0 Å². The molecule has 4 aromatic rings. The summed E-state index contributed by atoms with van der Waals surface area (Å²) < 4.78 is 20.2. The molecule has 2 aromatic heterocycles. The topological polar surface area (TPSA) is 113 Å². The summed E-state index contributed by atoms with van der Waals surface area (Å²) in [6.45, 7) is 2.95. The molecule has 252 valence electrons. The van der Waals surface area contributed by atoms with Gasteiger partial charge in [-0.25, -0.2) is 4.98 Å². The van der Waals surface area contributed by atoms with Crippen LogP contribution in [0.5, 0.6) is 5.75 Å². The molecule has 2 aromatic carbocycles. The Hall–Kier alpha value is -4.03. The zero-order valence-electron chi connectivity index (χ0n) is 26.9. The molecule has 4 heterocycles. The van der Waals surface area contributed by atoms with Crippen molar-refractivity contribution >= 4 is 40.7 Å². The van der Waals surface area contributed by atoms with E-state index in [-0.39, 0.29) is 30.4 Å². The second kappa shape index (κ2) is 15.0. The Kier molecular flexibility index (Phi) is 10.6. The number of nitrogens with zero attached hydrogens (tertiary/aromatic N) is 4. The highest BCUT2D eigenvalue weighted by Gasteiger charge is 2.26. The molecular weight excluding hydrogens is 656 g/mol. The third-order valence-corrected chi connectivity index (χ3v) is 9.71. The summed E-state index contributed by atoms with van der Waals surface area (Å²) in [7, 11) is 3.46. The van der Waals surface area contributed by atoms with Gasteiger partial charge in [-0.15, -0.1) is 0 Å². The first-order chi connectivity index (χ1) is 23.3. The van der Waals surface area contributed by atoms with E-state index in [0.717, 1.165) is 41.9 Å². The molecule has 0 aliphatic carbocycles. The largest absolute Gasteiger partial charge is 0.496 e. The molecule has 6 rings (SSSR count). The first-order valence-electron chi connectivity index (χ1n) is 16.0. The van der Waals surface area contributed by atoms with Gasteiger partial charge < -0.3 is 25.3 Å². The third kappa shape index (κ3) is 7.19. The van der Waals surface area contributed by atoms with E-state index < -0.39 is 0 Å². The van der Waals surface area contributed by atoms with Crippen LogP contribution >= 0.6 is 23.2 Å². The van der Waals surface area contributed by atoms with Crippen LogP contribution in [-0.4, -0.2) is 70.7 Å². The molecule has 0 radical (unpaired) electrons. The van der Waals surface area contributed by atoms with Crippen LogP contribution in [0.3, 0.4) is 0 Å². The number of methoxy groups -OCH3 is 1. The second-order valence-corrected chi connectivity index (χ2v) is 12.8. The second-order valence-electron chi connectivity index (χ2n) is 12.1. The zero-order chi connectivity index (χ0) is 33.8. The summed E-state index contributed by atoms with van der Waals surface area (Å²) in [6, 6.07) is 13.1. The van der Waals surface area contributed by atoms with Gasteiger partial charge in [0.25, 0.3) is 5.91 Å². The van der Waals surface area contributed by atoms with Crippen molar-refractivity contribution < 1.29 is 18.7 Å². The lowest BCUT2D eigenvalue weighted by atomic mass is 10.0. The van der Waals surface area contributed by atoms with Crippen molar-refractivity contribution in [2.75, 3.05) is 38.7 Å².